The Labute approximate surface area is 94.7 Å². The van der Waals surface area contributed by atoms with Crippen molar-refractivity contribution in [1.29, 1.82) is 0 Å². The van der Waals surface area contributed by atoms with Crippen LogP contribution in [0.2, 0.25) is 0 Å². The third kappa shape index (κ3) is 3.31. The number of anilines is 1. The van der Waals surface area contributed by atoms with Gasteiger partial charge in [0.25, 0.3) is 0 Å². The van der Waals surface area contributed by atoms with Crippen LogP contribution in [0.5, 0.6) is 5.75 Å². The van der Waals surface area contributed by atoms with Crippen LogP contribution in [-0.2, 0) is 9.53 Å². The normalized spacial score (nSPS) is 10.4. The predicted molar refractivity (Wildman–Crippen MR) is 63.1 cm³/mol. The van der Waals surface area contributed by atoms with Crippen molar-refractivity contribution in [2.24, 2.45) is 0 Å². The van der Waals surface area contributed by atoms with Crippen molar-refractivity contribution in [3.63, 3.8) is 0 Å². The molecule has 16 heavy (non-hydrogen) atoms. The fourth-order valence-corrected chi connectivity index (χ4v) is 1.23. The van der Waals surface area contributed by atoms with Gasteiger partial charge in [-0.2, -0.15) is 0 Å². The summed E-state index contributed by atoms with van der Waals surface area (Å²) in [5.74, 6) is 0.378. The third-order valence-corrected chi connectivity index (χ3v) is 2.08. The van der Waals surface area contributed by atoms with Gasteiger partial charge in [0, 0.05) is 0 Å². The highest BCUT2D eigenvalue weighted by Gasteiger charge is 1.98. The number of nitrogen functional groups attached to an aromatic ring is 1. The lowest BCUT2D eigenvalue weighted by Gasteiger charge is -2.04. The van der Waals surface area contributed by atoms with Crippen LogP contribution in [0.15, 0.2) is 24.3 Å². The van der Waals surface area contributed by atoms with E-state index in [1.54, 1.807) is 25.3 Å². The zero-order chi connectivity index (χ0) is 12.0. The Bertz CT molecular complexity index is 399. The molecule has 0 saturated heterocycles. The fourth-order valence-electron chi connectivity index (χ4n) is 1.23. The van der Waals surface area contributed by atoms with Crippen molar-refractivity contribution < 1.29 is 14.3 Å². The van der Waals surface area contributed by atoms with Gasteiger partial charge in [-0.1, -0.05) is 18.2 Å². The van der Waals surface area contributed by atoms with Gasteiger partial charge in [0.05, 0.1) is 26.3 Å². The topological polar surface area (TPSA) is 61.5 Å². The average molecular weight is 221 g/mol. The fraction of sp³-hybridized carbons (Fsp3) is 0.250. The van der Waals surface area contributed by atoms with Gasteiger partial charge in [0.1, 0.15) is 5.75 Å². The van der Waals surface area contributed by atoms with E-state index in [0.717, 1.165) is 5.56 Å². The molecule has 2 N–H and O–H groups in total. The van der Waals surface area contributed by atoms with Crippen LogP contribution in [0, 0.1) is 0 Å². The quantitative estimate of drug-likeness (QED) is 0.622. The number of carbonyl (C=O) groups excluding carboxylic acids is 1. The highest BCUT2D eigenvalue weighted by Crippen LogP contribution is 2.22. The Balaban J connectivity index is 2.68. The number of nitrogens with two attached hydrogens (primary N) is 1. The lowest BCUT2D eigenvalue weighted by molar-refractivity contribution is -0.139. The van der Waals surface area contributed by atoms with Crippen LogP contribution >= 0.6 is 0 Å². The first kappa shape index (κ1) is 12.1. The maximum absolute atomic E-state index is 10.9. The minimum Gasteiger partial charge on any atom is -0.495 e. The van der Waals surface area contributed by atoms with Crippen molar-refractivity contribution in [3.05, 3.63) is 29.8 Å². The second-order valence-electron chi connectivity index (χ2n) is 3.18. The molecule has 0 saturated carbocycles. The minimum absolute atomic E-state index is 0.252. The first-order chi connectivity index (χ1) is 7.67. The Morgan fingerprint density at radius 1 is 1.44 bits per heavy atom. The second kappa shape index (κ2) is 5.80. The van der Waals surface area contributed by atoms with Gasteiger partial charge in [-0.25, -0.2) is 0 Å². The predicted octanol–water partition coefficient (Wildman–Crippen LogP) is 1.85. The van der Waals surface area contributed by atoms with Crippen LogP contribution in [0.25, 0.3) is 6.08 Å². The smallest absolute Gasteiger partial charge is 0.309 e. The van der Waals surface area contributed by atoms with E-state index in [0.29, 0.717) is 11.4 Å². The highest BCUT2D eigenvalue weighted by atomic mass is 16.5. The summed E-state index contributed by atoms with van der Waals surface area (Å²) in [6.45, 7) is 0. The lowest BCUT2D eigenvalue weighted by Crippen LogP contribution is -1.96. The van der Waals surface area contributed by atoms with Gasteiger partial charge >= 0.3 is 5.97 Å². The molecule has 1 rings (SSSR count). The van der Waals surface area contributed by atoms with E-state index >= 15 is 0 Å². The van der Waals surface area contributed by atoms with Gasteiger partial charge in [-0.3, -0.25) is 4.79 Å². The average Bonchev–Trinajstić information content (AvgIpc) is 2.29. The summed E-state index contributed by atoms with van der Waals surface area (Å²) in [6.07, 6.45) is 3.79. The molecule has 1 aromatic rings. The number of hydrogen-bond donors (Lipinski definition) is 1. The van der Waals surface area contributed by atoms with Crippen molar-refractivity contribution in [2.75, 3.05) is 20.0 Å². The maximum atomic E-state index is 10.9. The first-order valence-corrected chi connectivity index (χ1v) is 4.84. The van der Waals surface area contributed by atoms with Gasteiger partial charge in [0.15, 0.2) is 0 Å². The third-order valence-electron chi connectivity index (χ3n) is 2.08. The molecular weight excluding hydrogens is 206 g/mol. The molecule has 0 spiro atoms. The zero-order valence-electron chi connectivity index (χ0n) is 9.40. The van der Waals surface area contributed by atoms with Crippen LogP contribution in [-0.4, -0.2) is 20.2 Å². The van der Waals surface area contributed by atoms with Gasteiger partial charge < -0.3 is 15.2 Å². The Hall–Kier alpha value is -1.97. The van der Waals surface area contributed by atoms with E-state index in [1.807, 2.05) is 12.1 Å². The van der Waals surface area contributed by atoms with E-state index in [1.165, 1.54) is 7.11 Å². The molecule has 0 radical (unpaired) electrons. The number of carbonyl (C=O) groups is 1. The molecule has 0 heterocycles. The molecule has 0 amide bonds. The van der Waals surface area contributed by atoms with Crippen molar-refractivity contribution >= 4 is 17.7 Å². The van der Waals surface area contributed by atoms with Crippen molar-refractivity contribution in [2.45, 2.75) is 6.42 Å². The molecule has 0 bridgehead atoms. The highest BCUT2D eigenvalue weighted by molar-refractivity contribution is 5.73. The molecule has 86 valence electrons. The SMILES string of the molecule is COC(=O)CC=Cc1ccc(OC)c(N)c1. The number of ether oxygens (including phenoxy) is 2. The summed E-state index contributed by atoms with van der Waals surface area (Å²) in [6, 6.07) is 5.43. The first-order valence-electron chi connectivity index (χ1n) is 4.84. The lowest BCUT2D eigenvalue weighted by atomic mass is 10.1. The largest absolute Gasteiger partial charge is 0.495 e. The maximum Gasteiger partial charge on any atom is 0.309 e. The molecule has 0 atom stereocenters. The van der Waals surface area contributed by atoms with Crippen molar-refractivity contribution in [1.82, 2.24) is 0 Å². The van der Waals surface area contributed by atoms with Gasteiger partial charge in [-0.05, 0) is 17.7 Å². The van der Waals surface area contributed by atoms with E-state index in [4.69, 9.17) is 10.5 Å². The second-order valence-corrected chi connectivity index (χ2v) is 3.18. The number of methoxy groups -OCH3 is 2. The van der Waals surface area contributed by atoms with E-state index in [9.17, 15) is 4.79 Å². The Morgan fingerprint density at radius 2 is 2.19 bits per heavy atom. The number of rotatable bonds is 4. The van der Waals surface area contributed by atoms with Crippen LogP contribution in [0.3, 0.4) is 0 Å². The molecule has 1 aromatic carbocycles. The summed E-state index contributed by atoms with van der Waals surface area (Å²) >= 11 is 0. The monoisotopic (exact) mass is 221 g/mol. The number of esters is 1. The molecule has 0 aromatic heterocycles. The van der Waals surface area contributed by atoms with E-state index in [-0.39, 0.29) is 12.4 Å². The number of hydrogen-bond acceptors (Lipinski definition) is 4. The standard InChI is InChI=1S/C12H15NO3/c1-15-11-7-6-9(8-10(11)13)4-3-5-12(14)16-2/h3-4,6-8H,5,13H2,1-2H3. The summed E-state index contributed by atoms with van der Waals surface area (Å²) < 4.78 is 9.55. The molecule has 4 heteroatoms. The van der Waals surface area contributed by atoms with Crippen molar-refractivity contribution in [3.8, 4) is 5.75 Å². The molecule has 4 nitrogen and oxygen atoms in total. The van der Waals surface area contributed by atoms with Crippen LogP contribution in [0.1, 0.15) is 12.0 Å². The van der Waals surface area contributed by atoms with Crippen LogP contribution in [0.4, 0.5) is 5.69 Å². The van der Waals surface area contributed by atoms with E-state index < -0.39 is 0 Å². The Morgan fingerprint density at radius 3 is 2.75 bits per heavy atom. The molecular formula is C12H15NO3. The van der Waals surface area contributed by atoms with E-state index in [2.05, 4.69) is 4.74 Å². The summed E-state index contributed by atoms with van der Waals surface area (Å²) in [7, 11) is 2.93. The Kier molecular flexibility index (Phi) is 4.39. The van der Waals surface area contributed by atoms with Gasteiger partial charge in [-0.15, -0.1) is 0 Å². The van der Waals surface area contributed by atoms with Gasteiger partial charge in [0.2, 0.25) is 0 Å². The summed E-state index contributed by atoms with van der Waals surface area (Å²) in [5.41, 5.74) is 7.23. The molecule has 0 unspecified atom stereocenters. The molecule has 0 aliphatic carbocycles. The molecule has 0 aliphatic rings. The summed E-state index contributed by atoms with van der Waals surface area (Å²) in [5, 5.41) is 0. The van der Waals surface area contributed by atoms with Crippen LogP contribution < -0.4 is 10.5 Å². The summed E-state index contributed by atoms with van der Waals surface area (Å²) in [4.78, 5) is 10.9. The molecule has 0 fully saturated rings. The minimum atomic E-state index is -0.266. The molecule has 0 aliphatic heterocycles. The zero-order valence-corrected chi connectivity index (χ0v) is 9.40. The number of benzene rings is 1.